The molecule has 0 aliphatic heterocycles. The predicted octanol–water partition coefficient (Wildman–Crippen LogP) is 4.76. The number of aromatic carboxylic acids is 1. The van der Waals surface area contributed by atoms with Gasteiger partial charge in [-0.3, -0.25) is 4.79 Å². The molecule has 0 aromatic heterocycles. The molecule has 0 saturated heterocycles. The van der Waals surface area contributed by atoms with Gasteiger partial charge in [0, 0.05) is 6.08 Å². The minimum Gasteiger partial charge on any atom is -0.478 e. The van der Waals surface area contributed by atoms with Crippen molar-refractivity contribution in [2.45, 2.75) is 27.2 Å². The highest BCUT2D eigenvalue weighted by atomic mass is 19.1. The van der Waals surface area contributed by atoms with Gasteiger partial charge in [0.2, 0.25) is 5.91 Å². The smallest absolute Gasteiger partial charge is 0.337 e. The molecule has 136 valence electrons. The second-order valence-electron chi connectivity index (χ2n) is 6.61. The third-order valence-corrected chi connectivity index (χ3v) is 3.87. The fourth-order valence-corrected chi connectivity index (χ4v) is 2.63. The summed E-state index contributed by atoms with van der Waals surface area (Å²) in [5, 5.41) is 11.6. The lowest BCUT2D eigenvalue weighted by atomic mass is 9.99. The van der Waals surface area contributed by atoms with Gasteiger partial charge in [0.15, 0.2) is 0 Å². The molecule has 0 fully saturated rings. The van der Waals surface area contributed by atoms with Crippen molar-refractivity contribution < 1.29 is 19.1 Å². The van der Waals surface area contributed by atoms with E-state index in [-0.39, 0.29) is 11.3 Å². The maximum Gasteiger partial charge on any atom is 0.337 e. The second-order valence-corrected chi connectivity index (χ2v) is 6.61. The van der Waals surface area contributed by atoms with E-state index in [1.807, 2.05) is 24.3 Å². The minimum absolute atomic E-state index is 0.0558. The highest BCUT2D eigenvalue weighted by molar-refractivity contribution is 6.07. The number of hydrogen-bond donors (Lipinski definition) is 2. The first-order valence-corrected chi connectivity index (χ1v) is 8.37. The maximum atomic E-state index is 13.2. The Morgan fingerprint density at radius 3 is 2.38 bits per heavy atom. The van der Waals surface area contributed by atoms with Crippen molar-refractivity contribution in [3.63, 3.8) is 0 Å². The van der Waals surface area contributed by atoms with E-state index < -0.39 is 17.7 Å². The number of anilines is 1. The topological polar surface area (TPSA) is 66.4 Å². The Morgan fingerprint density at radius 2 is 1.81 bits per heavy atom. The van der Waals surface area contributed by atoms with Crippen LogP contribution in [0.5, 0.6) is 0 Å². The fourth-order valence-electron chi connectivity index (χ4n) is 2.63. The number of amides is 1. The molecule has 0 saturated carbocycles. The summed E-state index contributed by atoms with van der Waals surface area (Å²) < 4.78 is 13.2. The van der Waals surface area contributed by atoms with Crippen molar-refractivity contribution in [2.24, 2.45) is 5.92 Å². The summed E-state index contributed by atoms with van der Waals surface area (Å²) in [5.74, 6) is -1.87. The molecule has 0 bridgehead atoms. The number of halogens is 1. The van der Waals surface area contributed by atoms with E-state index in [4.69, 9.17) is 5.11 Å². The lowest BCUT2D eigenvalue weighted by Crippen LogP contribution is -2.12. The van der Waals surface area contributed by atoms with Crippen molar-refractivity contribution >= 4 is 23.1 Å². The van der Waals surface area contributed by atoms with Crippen LogP contribution in [0.1, 0.15) is 42.3 Å². The van der Waals surface area contributed by atoms with Gasteiger partial charge >= 0.3 is 5.97 Å². The zero-order valence-corrected chi connectivity index (χ0v) is 15.0. The highest BCUT2D eigenvalue weighted by Gasteiger charge is 2.13. The molecule has 4 nitrogen and oxygen atoms in total. The normalized spacial score (nSPS) is 11.5. The standard InChI is InChI=1S/C21H22FNO3/c1-13(2)10-15-4-6-16(7-5-15)14(3)11-20(24)23-19-9-8-17(22)12-18(19)21(25)26/h4-9,11-13H,10H2,1-3H3,(H,23,24)(H,25,26)/b14-11-. The third-order valence-electron chi connectivity index (χ3n) is 3.87. The van der Waals surface area contributed by atoms with Crippen LogP contribution in [-0.2, 0) is 11.2 Å². The number of carbonyl (C=O) groups excluding carboxylic acids is 1. The molecule has 2 aromatic rings. The molecule has 5 heteroatoms. The van der Waals surface area contributed by atoms with Crippen molar-refractivity contribution in [2.75, 3.05) is 5.32 Å². The van der Waals surface area contributed by atoms with Gasteiger partial charge in [-0.25, -0.2) is 9.18 Å². The molecule has 0 aliphatic rings. The van der Waals surface area contributed by atoms with Crippen LogP contribution in [0.4, 0.5) is 10.1 Å². The van der Waals surface area contributed by atoms with Gasteiger partial charge in [0.05, 0.1) is 11.3 Å². The monoisotopic (exact) mass is 355 g/mol. The van der Waals surface area contributed by atoms with Crippen LogP contribution < -0.4 is 5.32 Å². The molecule has 2 rings (SSSR count). The summed E-state index contributed by atoms with van der Waals surface area (Å²) in [6.45, 7) is 6.12. The summed E-state index contributed by atoms with van der Waals surface area (Å²) in [5.41, 5.74) is 2.66. The average Bonchev–Trinajstić information content (AvgIpc) is 2.56. The summed E-state index contributed by atoms with van der Waals surface area (Å²) in [7, 11) is 0. The number of benzene rings is 2. The van der Waals surface area contributed by atoms with Crippen molar-refractivity contribution in [1.29, 1.82) is 0 Å². The van der Waals surface area contributed by atoms with Crippen LogP contribution in [0.2, 0.25) is 0 Å². The molecule has 0 heterocycles. The van der Waals surface area contributed by atoms with E-state index in [9.17, 15) is 14.0 Å². The predicted molar refractivity (Wildman–Crippen MR) is 101 cm³/mol. The Bertz CT molecular complexity index is 839. The summed E-state index contributed by atoms with van der Waals surface area (Å²) >= 11 is 0. The first-order valence-electron chi connectivity index (χ1n) is 8.37. The largest absolute Gasteiger partial charge is 0.478 e. The van der Waals surface area contributed by atoms with E-state index in [0.717, 1.165) is 29.7 Å². The van der Waals surface area contributed by atoms with Crippen molar-refractivity contribution in [3.05, 3.63) is 71.0 Å². The Hall–Kier alpha value is -2.95. The van der Waals surface area contributed by atoms with Gasteiger partial charge in [-0.15, -0.1) is 0 Å². The van der Waals surface area contributed by atoms with Gasteiger partial charge in [-0.1, -0.05) is 38.1 Å². The lowest BCUT2D eigenvalue weighted by molar-refractivity contribution is -0.111. The molecule has 0 radical (unpaired) electrons. The number of carbonyl (C=O) groups is 2. The maximum absolute atomic E-state index is 13.2. The molecule has 2 N–H and O–H groups in total. The Labute approximate surface area is 152 Å². The molecular formula is C21H22FNO3. The first kappa shape index (κ1) is 19.4. The molecule has 0 aliphatic carbocycles. The fraction of sp³-hybridized carbons (Fsp3) is 0.238. The quantitative estimate of drug-likeness (QED) is 0.734. The average molecular weight is 355 g/mol. The number of nitrogens with one attached hydrogen (secondary N) is 1. The number of rotatable bonds is 6. The molecular weight excluding hydrogens is 333 g/mol. The SMILES string of the molecule is C/C(=C/C(=O)Nc1ccc(F)cc1C(=O)O)c1ccc(CC(C)C)cc1. The van der Waals surface area contributed by atoms with Gasteiger partial charge in [0.1, 0.15) is 5.82 Å². The summed E-state index contributed by atoms with van der Waals surface area (Å²) in [6, 6.07) is 11.2. The van der Waals surface area contributed by atoms with Crippen molar-refractivity contribution in [3.8, 4) is 0 Å². The number of allylic oxidation sites excluding steroid dienone is 1. The van der Waals surface area contributed by atoms with Crippen LogP contribution in [0.3, 0.4) is 0 Å². The molecule has 0 spiro atoms. The zero-order chi connectivity index (χ0) is 19.3. The van der Waals surface area contributed by atoms with E-state index in [2.05, 4.69) is 19.2 Å². The van der Waals surface area contributed by atoms with Crippen molar-refractivity contribution in [1.82, 2.24) is 0 Å². The molecule has 26 heavy (non-hydrogen) atoms. The van der Waals surface area contributed by atoms with Crippen LogP contribution in [0.15, 0.2) is 48.5 Å². The molecule has 0 atom stereocenters. The summed E-state index contributed by atoms with van der Waals surface area (Å²) in [4.78, 5) is 23.4. The Kier molecular flexibility index (Phi) is 6.28. The van der Waals surface area contributed by atoms with E-state index >= 15 is 0 Å². The number of carboxylic acids is 1. The highest BCUT2D eigenvalue weighted by Crippen LogP contribution is 2.19. The Morgan fingerprint density at radius 1 is 1.15 bits per heavy atom. The van der Waals surface area contributed by atoms with E-state index in [0.29, 0.717) is 5.92 Å². The van der Waals surface area contributed by atoms with Gasteiger partial charge in [-0.05, 0) is 54.2 Å². The molecule has 0 unspecified atom stereocenters. The lowest BCUT2D eigenvalue weighted by Gasteiger charge is -2.09. The summed E-state index contributed by atoms with van der Waals surface area (Å²) in [6.07, 6.45) is 2.39. The van der Waals surface area contributed by atoms with Gasteiger partial charge < -0.3 is 10.4 Å². The number of carboxylic acid groups (broad SMARTS) is 1. The van der Waals surface area contributed by atoms with Crippen LogP contribution in [-0.4, -0.2) is 17.0 Å². The zero-order valence-electron chi connectivity index (χ0n) is 15.0. The first-order chi connectivity index (χ1) is 12.3. The molecule has 1 amide bonds. The van der Waals surface area contributed by atoms with E-state index in [1.54, 1.807) is 6.92 Å². The van der Waals surface area contributed by atoms with Crippen LogP contribution in [0, 0.1) is 11.7 Å². The van der Waals surface area contributed by atoms with Crippen LogP contribution in [0.25, 0.3) is 5.57 Å². The molecule has 2 aromatic carbocycles. The minimum atomic E-state index is -1.30. The van der Waals surface area contributed by atoms with Gasteiger partial charge in [0.25, 0.3) is 0 Å². The number of hydrogen-bond acceptors (Lipinski definition) is 2. The van der Waals surface area contributed by atoms with E-state index in [1.165, 1.54) is 17.7 Å². The Balaban J connectivity index is 2.14. The third kappa shape index (κ3) is 5.28. The second kappa shape index (κ2) is 8.43. The van der Waals surface area contributed by atoms with Crippen LogP contribution >= 0.6 is 0 Å². The van der Waals surface area contributed by atoms with Gasteiger partial charge in [-0.2, -0.15) is 0 Å².